The maximum atomic E-state index is 13.8. The Morgan fingerprint density at radius 3 is 1.89 bits per heavy atom. The van der Waals surface area contributed by atoms with E-state index in [0.717, 1.165) is 48.6 Å². The molecule has 0 aliphatic carbocycles. The first-order valence-corrected chi connectivity index (χ1v) is 13.6. The van der Waals surface area contributed by atoms with Gasteiger partial charge in [-0.3, -0.25) is 9.69 Å². The second-order valence-corrected chi connectivity index (χ2v) is 10.5. The Morgan fingerprint density at radius 1 is 0.816 bits per heavy atom. The van der Waals surface area contributed by atoms with E-state index >= 15 is 0 Å². The zero-order chi connectivity index (χ0) is 26.9. The fraction of sp³-hybridized carbons (Fsp3) is 0.406. The summed E-state index contributed by atoms with van der Waals surface area (Å²) >= 11 is 0. The molecule has 1 saturated heterocycles. The number of piperazine rings is 1. The summed E-state index contributed by atoms with van der Waals surface area (Å²) in [5.41, 5.74) is 3.78. The predicted molar refractivity (Wildman–Crippen MR) is 153 cm³/mol. The van der Waals surface area contributed by atoms with Crippen molar-refractivity contribution in [2.45, 2.75) is 33.0 Å². The molecule has 1 fully saturated rings. The first-order valence-electron chi connectivity index (χ1n) is 13.6. The minimum Gasteiger partial charge on any atom is -0.488 e. The van der Waals surface area contributed by atoms with Gasteiger partial charge in [0, 0.05) is 45.3 Å². The minimum atomic E-state index is 0.0248. The smallest absolute Gasteiger partial charge is 0.257 e. The van der Waals surface area contributed by atoms with Gasteiger partial charge in [-0.1, -0.05) is 74.5 Å². The maximum absolute atomic E-state index is 13.8. The maximum Gasteiger partial charge on any atom is 0.257 e. The summed E-state index contributed by atoms with van der Waals surface area (Å²) < 4.78 is 12.6. The average Bonchev–Trinajstić information content (AvgIpc) is 2.94. The number of likely N-dealkylation sites (N-methyl/N-ethyl adjacent to an activating group) is 1. The molecule has 0 atom stereocenters. The monoisotopic (exact) mass is 515 g/mol. The molecule has 0 N–H and O–H groups in total. The molecule has 3 aromatic rings. The highest BCUT2D eigenvalue weighted by Gasteiger charge is 2.26. The Kier molecular flexibility index (Phi) is 9.79. The Labute approximate surface area is 227 Å². The van der Waals surface area contributed by atoms with Crippen molar-refractivity contribution in [3.05, 3.63) is 95.1 Å². The predicted octanol–water partition coefficient (Wildman–Crippen LogP) is 5.29. The first-order chi connectivity index (χ1) is 18.4. The van der Waals surface area contributed by atoms with Gasteiger partial charge in [0.15, 0.2) is 0 Å². The SMILES string of the molecule is CC(C)c1cc(C(=O)N2CCN(CCN(C)C)CC2)c(OCc2ccccc2)cc1OCc1ccccc1. The van der Waals surface area contributed by atoms with Gasteiger partial charge in [0.2, 0.25) is 0 Å². The molecule has 0 radical (unpaired) electrons. The fourth-order valence-electron chi connectivity index (χ4n) is 4.60. The number of hydrogen-bond acceptors (Lipinski definition) is 5. The van der Waals surface area contributed by atoms with Crippen molar-refractivity contribution in [2.75, 3.05) is 53.4 Å². The van der Waals surface area contributed by atoms with Gasteiger partial charge in [0.05, 0.1) is 5.56 Å². The molecule has 1 aliphatic rings. The number of ether oxygens (including phenoxy) is 2. The molecular formula is C32H41N3O3. The van der Waals surface area contributed by atoms with Crippen LogP contribution in [0.1, 0.15) is 46.8 Å². The van der Waals surface area contributed by atoms with Gasteiger partial charge in [-0.25, -0.2) is 0 Å². The molecule has 1 amide bonds. The number of carbonyl (C=O) groups is 1. The van der Waals surface area contributed by atoms with E-state index in [1.165, 1.54) is 0 Å². The molecule has 1 heterocycles. The number of hydrogen-bond donors (Lipinski definition) is 0. The van der Waals surface area contributed by atoms with Crippen molar-refractivity contribution in [3.8, 4) is 11.5 Å². The van der Waals surface area contributed by atoms with Crippen molar-refractivity contribution >= 4 is 5.91 Å². The second kappa shape index (κ2) is 13.4. The highest BCUT2D eigenvalue weighted by molar-refractivity contribution is 5.97. The Balaban J connectivity index is 1.57. The number of carbonyl (C=O) groups excluding carboxylic acids is 1. The summed E-state index contributed by atoms with van der Waals surface area (Å²) in [7, 11) is 4.19. The van der Waals surface area contributed by atoms with Gasteiger partial charge in [0.25, 0.3) is 5.91 Å². The van der Waals surface area contributed by atoms with E-state index in [-0.39, 0.29) is 11.8 Å². The Hall–Kier alpha value is -3.35. The van der Waals surface area contributed by atoms with Crippen molar-refractivity contribution in [3.63, 3.8) is 0 Å². The molecule has 3 aromatic carbocycles. The van der Waals surface area contributed by atoms with Crippen LogP contribution in [-0.4, -0.2) is 74.0 Å². The molecule has 0 unspecified atom stereocenters. The first kappa shape index (κ1) is 27.7. The van der Waals surface area contributed by atoms with Crippen LogP contribution in [0.3, 0.4) is 0 Å². The summed E-state index contributed by atoms with van der Waals surface area (Å²) in [5.74, 6) is 1.55. The summed E-state index contributed by atoms with van der Waals surface area (Å²) in [4.78, 5) is 20.4. The van der Waals surface area contributed by atoms with Gasteiger partial charge >= 0.3 is 0 Å². The molecule has 0 bridgehead atoms. The molecule has 0 saturated carbocycles. The lowest BCUT2D eigenvalue weighted by molar-refractivity contribution is 0.0625. The summed E-state index contributed by atoms with van der Waals surface area (Å²) in [6.07, 6.45) is 0. The molecule has 38 heavy (non-hydrogen) atoms. The van der Waals surface area contributed by atoms with Crippen LogP contribution < -0.4 is 9.47 Å². The third kappa shape index (κ3) is 7.59. The topological polar surface area (TPSA) is 45.3 Å². The van der Waals surface area contributed by atoms with Crippen LogP contribution >= 0.6 is 0 Å². The van der Waals surface area contributed by atoms with Crippen molar-refractivity contribution in [1.82, 2.24) is 14.7 Å². The van der Waals surface area contributed by atoms with Gasteiger partial charge in [-0.2, -0.15) is 0 Å². The van der Waals surface area contributed by atoms with Crippen LogP contribution in [0.2, 0.25) is 0 Å². The van der Waals surface area contributed by atoms with E-state index < -0.39 is 0 Å². The van der Waals surface area contributed by atoms with E-state index in [1.54, 1.807) is 0 Å². The van der Waals surface area contributed by atoms with E-state index in [2.05, 4.69) is 49.9 Å². The number of rotatable bonds is 11. The summed E-state index contributed by atoms with van der Waals surface area (Å²) in [6, 6.07) is 24.1. The molecule has 0 spiro atoms. The molecule has 202 valence electrons. The molecular weight excluding hydrogens is 474 g/mol. The van der Waals surface area contributed by atoms with Crippen molar-refractivity contribution in [2.24, 2.45) is 0 Å². The van der Waals surface area contributed by atoms with Crippen LogP contribution in [0.15, 0.2) is 72.8 Å². The number of benzene rings is 3. The normalized spacial score (nSPS) is 14.2. The molecule has 1 aliphatic heterocycles. The third-order valence-corrected chi connectivity index (χ3v) is 6.96. The molecule has 4 rings (SSSR count). The Morgan fingerprint density at radius 2 is 1.37 bits per heavy atom. The quantitative estimate of drug-likeness (QED) is 0.347. The van der Waals surface area contributed by atoms with Crippen LogP contribution in [0.4, 0.5) is 0 Å². The Bertz CT molecular complexity index is 1160. The average molecular weight is 516 g/mol. The lowest BCUT2D eigenvalue weighted by atomic mass is 9.98. The van der Waals surface area contributed by atoms with Gasteiger partial charge < -0.3 is 19.3 Å². The highest BCUT2D eigenvalue weighted by atomic mass is 16.5. The van der Waals surface area contributed by atoms with Crippen molar-refractivity contribution in [1.29, 1.82) is 0 Å². The van der Waals surface area contributed by atoms with Gasteiger partial charge in [0.1, 0.15) is 24.7 Å². The second-order valence-electron chi connectivity index (χ2n) is 10.5. The zero-order valence-electron chi connectivity index (χ0n) is 23.2. The van der Waals surface area contributed by atoms with E-state index in [0.29, 0.717) is 37.6 Å². The zero-order valence-corrected chi connectivity index (χ0v) is 23.2. The lowest BCUT2D eigenvalue weighted by Gasteiger charge is -2.35. The summed E-state index contributed by atoms with van der Waals surface area (Å²) in [6.45, 7) is 10.4. The molecule has 6 nitrogen and oxygen atoms in total. The van der Waals surface area contributed by atoms with E-state index in [1.807, 2.05) is 65.6 Å². The molecule has 6 heteroatoms. The van der Waals surface area contributed by atoms with Crippen LogP contribution in [0.5, 0.6) is 11.5 Å². The largest absolute Gasteiger partial charge is 0.488 e. The standard InChI is InChI=1S/C32H41N3O3/c1-25(2)28-21-29(32(36)35-19-17-34(18-20-35)16-15-33(3)4)31(38-24-27-13-9-6-10-14-27)22-30(28)37-23-26-11-7-5-8-12-26/h5-14,21-22,25H,15-20,23-24H2,1-4H3. The van der Waals surface area contributed by atoms with E-state index in [4.69, 9.17) is 9.47 Å². The minimum absolute atomic E-state index is 0.0248. The van der Waals surface area contributed by atoms with Crippen LogP contribution in [0.25, 0.3) is 0 Å². The lowest BCUT2D eigenvalue weighted by Crippen LogP contribution is -2.50. The van der Waals surface area contributed by atoms with Crippen molar-refractivity contribution < 1.29 is 14.3 Å². The fourth-order valence-corrected chi connectivity index (χ4v) is 4.60. The number of amides is 1. The number of nitrogens with zero attached hydrogens (tertiary/aromatic N) is 3. The van der Waals surface area contributed by atoms with Crippen LogP contribution in [0, 0.1) is 0 Å². The third-order valence-electron chi connectivity index (χ3n) is 6.96. The summed E-state index contributed by atoms with van der Waals surface area (Å²) in [5, 5.41) is 0. The highest BCUT2D eigenvalue weighted by Crippen LogP contribution is 2.35. The van der Waals surface area contributed by atoms with Gasteiger partial charge in [-0.05, 0) is 42.8 Å². The van der Waals surface area contributed by atoms with Gasteiger partial charge in [-0.15, -0.1) is 0 Å². The van der Waals surface area contributed by atoms with Crippen LogP contribution in [-0.2, 0) is 13.2 Å². The van der Waals surface area contributed by atoms with E-state index in [9.17, 15) is 4.79 Å². The molecule has 0 aromatic heterocycles.